The summed E-state index contributed by atoms with van der Waals surface area (Å²) in [6.07, 6.45) is 0.951. The number of H-pyrrole nitrogens is 1. The zero-order valence-electron chi connectivity index (χ0n) is 17.5. The zero-order valence-corrected chi connectivity index (χ0v) is 17.5. The van der Waals surface area contributed by atoms with Crippen LogP contribution in [0.2, 0.25) is 0 Å². The number of ether oxygens (including phenoxy) is 2. The summed E-state index contributed by atoms with van der Waals surface area (Å²) in [6, 6.07) is 7.78. The fourth-order valence-electron chi connectivity index (χ4n) is 3.08. The number of aromatic nitrogens is 1. The van der Waals surface area contributed by atoms with Crippen molar-refractivity contribution in [2.24, 2.45) is 0 Å². The Bertz CT molecular complexity index is 883. The number of benzene rings is 1. The number of aromatic amines is 1. The summed E-state index contributed by atoms with van der Waals surface area (Å²) in [5, 5.41) is 2.81. The van der Waals surface area contributed by atoms with Crippen molar-refractivity contribution in [3.8, 4) is 0 Å². The monoisotopic (exact) mass is 400 g/mol. The van der Waals surface area contributed by atoms with E-state index in [0.717, 1.165) is 12.0 Å². The molecule has 29 heavy (non-hydrogen) atoms. The molecule has 0 aliphatic rings. The summed E-state index contributed by atoms with van der Waals surface area (Å²) in [4.78, 5) is 39.4. The summed E-state index contributed by atoms with van der Waals surface area (Å²) < 4.78 is 10.1. The summed E-state index contributed by atoms with van der Waals surface area (Å²) in [5.74, 6) is -1.60. The van der Waals surface area contributed by atoms with Crippen LogP contribution in [0.15, 0.2) is 24.3 Å². The fourth-order valence-corrected chi connectivity index (χ4v) is 3.08. The molecule has 1 heterocycles. The van der Waals surface area contributed by atoms with Gasteiger partial charge in [-0.05, 0) is 50.8 Å². The predicted molar refractivity (Wildman–Crippen MR) is 109 cm³/mol. The first kappa shape index (κ1) is 22.2. The number of nitrogens with one attached hydrogen (secondary N) is 2. The molecule has 1 aromatic heterocycles. The van der Waals surface area contributed by atoms with E-state index < -0.39 is 24.5 Å². The van der Waals surface area contributed by atoms with Crippen molar-refractivity contribution in [1.82, 2.24) is 10.3 Å². The number of amides is 1. The Kier molecular flexibility index (Phi) is 7.59. The van der Waals surface area contributed by atoms with Crippen LogP contribution < -0.4 is 5.32 Å². The second-order valence-corrected chi connectivity index (χ2v) is 6.81. The topological polar surface area (TPSA) is 97.5 Å². The van der Waals surface area contributed by atoms with Gasteiger partial charge in [0.15, 0.2) is 6.61 Å². The van der Waals surface area contributed by atoms with Gasteiger partial charge < -0.3 is 19.8 Å². The van der Waals surface area contributed by atoms with Crippen molar-refractivity contribution in [3.63, 3.8) is 0 Å². The zero-order chi connectivity index (χ0) is 21.6. The number of carbonyl (C=O) groups excluding carboxylic acids is 3. The Morgan fingerprint density at radius 2 is 1.69 bits per heavy atom. The van der Waals surface area contributed by atoms with Crippen LogP contribution in [0.1, 0.15) is 70.0 Å². The number of hydrogen-bond donors (Lipinski definition) is 2. The van der Waals surface area contributed by atoms with Gasteiger partial charge in [-0.25, -0.2) is 9.59 Å². The first-order valence-corrected chi connectivity index (χ1v) is 9.70. The molecule has 0 bridgehead atoms. The maximum absolute atomic E-state index is 12.4. The third-order valence-electron chi connectivity index (χ3n) is 4.72. The molecule has 1 atom stereocenters. The molecule has 2 aromatic rings. The number of carbonyl (C=O) groups is 3. The molecular weight excluding hydrogens is 372 g/mol. The van der Waals surface area contributed by atoms with E-state index in [1.54, 1.807) is 20.8 Å². The minimum absolute atomic E-state index is 0.140. The van der Waals surface area contributed by atoms with E-state index in [1.807, 2.05) is 31.2 Å². The van der Waals surface area contributed by atoms with Crippen molar-refractivity contribution < 1.29 is 23.9 Å². The summed E-state index contributed by atoms with van der Waals surface area (Å²) in [5.41, 5.74) is 3.60. The smallest absolute Gasteiger partial charge is 0.355 e. The molecule has 2 N–H and O–H groups in total. The lowest BCUT2D eigenvalue weighted by molar-refractivity contribution is -0.124. The first-order valence-electron chi connectivity index (χ1n) is 9.70. The highest BCUT2D eigenvalue weighted by Gasteiger charge is 2.24. The maximum atomic E-state index is 12.4. The first-order chi connectivity index (χ1) is 13.8. The minimum atomic E-state index is -0.698. The van der Waals surface area contributed by atoms with Crippen LogP contribution in [0.4, 0.5) is 0 Å². The molecule has 1 aromatic carbocycles. The molecule has 7 heteroatoms. The molecule has 2 rings (SSSR count). The second-order valence-electron chi connectivity index (χ2n) is 6.81. The Hall–Kier alpha value is -3.09. The lowest BCUT2D eigenvalue weighted by Gasteiger charge is -2.15. The van der Waals surface area contributed by atoms with Crippen molar-refractivity contribution in [2.45, 2.75) is 47.1 Å². The molecule has 0 aliphatic carbocycles. The Balaban J connectivity index is 1.95. The van der Waals surface area contributed by atoms with Crippen LogP contribution >= 0.6 is 0 Å². The Labute approximate surface area is 170 Å². The maximum Gasteiger partial charge on any atom is 0.355 e. The SMILES string of the molecule is CCOC(=O)c1c(C)[nH]c(C(=O)OCC(=O)N[C@@H](C)c2ccc(CC)cc2)c1C. The lowest BCUT2D eigenvalue weighted by Crippen LogP contribution is -2.31. The highest BCUT2D eigenvalue weighted by Crippen LogP contribution is 2.20. The van der Waals surface area contributed by atoms with E-state index in [4.69, 9.17) is 9.47 Å². The third-order valence-corrected chi connectivity index (χ3v) is 4.72. The second kappa shape index (κ2) is 9.91. The van der Waals surface area contributed by atoms with Crippen molar-refractivity contribution >= 4 is 17.8 Å². The van der Waals surface area contributed by atoms with E-state index in [2.05, 4.69) is 17.2 Å². The highest BCUT2D eigenvalue weighted by atomic mass is 16.5. The summed E-state index contributed by atoms with van der Waals surface area (Å²) in [7, 11) is 0. The van der Waals surface area contributed by atoms with E-state index in [-0.39, 0.29) is 18.3 Å². The van der Waals surface area contributed by atoms with E-state index in [9.17, 15) is 14.4 Å². The standard InChI is InChI=1S/C22H28N2O5/c1-6-16-8-10-17(11-9-16)14(4)23-18(25)12-29-22(27)20-13(3)19(15(5)24-20)21(26)28-7-2/h8-11,14,24H,6-7,12H2,1-5H3,(H,23,25)/t14-/m0/s1. The third kappa shape index (κ3) is 5.47. The number of rotatable bonds is 8. The summed E-state index contributed by atoms with van der Waals surface area (Å²) >= 11 is 0. The highest BCUT2D eigenvalue weighted by molar-refractivity contribution is 5.99. The van der Waals surface area contributed by atoms with Crippen molar-refractivity contribution in [2.75, 3.05) is 13.2 Å². The summed E-state index contributed by atoms with van der Waals surface area (Å²) in [6.45, 7) is 8.79. The molecule has 0 spiro atoms. The van der Waals surface area contributed by atoms with Gasteiger partial charge in [-0.2, -0.15) is 0 Å². The number of hydrogen-bond acceptors (Lipinski definition) is 5. The molecule has 0 aliphatic heterocycles. The van der Waals surface area contributed by atoms with Gasteiger partial charge >= 0.3 is 11.9 Å². The van der Waals surface area contributed by atoms with E-state index in [1.165, 1.54) is 5.56 Å². The van der Waals surface area contributed by atoms with E-state index >= 15 is 0 Å². The molecule has 0 unspecified atom stereocenters. The van der Waals surface area contributed by atoms with Gasteiger partial charge in [0.2, 0.25) is 0 Å². The van der Waals surface area contributed by atoms with Gasteiger partial charge in [0.25, 0.3) is 5.91 Å². The Morgan fingerprint density at radius 1 is 1.03 bits per heavy atom. The number of aryl methyl sites for hydroxylation is 2. The molecule has 1 amide bonds. The average Bonchev–Trinajstić information content (AvgIpc) is 3.00. The fraction of sp³-hybridized carbons (Fsp3) is 0.409. The Morgan fingerprint density at radius 3 is 2.28 bits per heavy atom. The normalized spacial score (nSPS) is 11.6. The van der Waals surface area contributed by atoms with Crippen LogP contribution in [0.3, 0.4) is 0 Å². The van der Waals surface area contributed by atoms with Crippen molar-refractivity contribution in [3.05, 3.63) is 57.9 Å². The quantitative estimate of drug-likeness (QED) is 0.662. The lowest BCUT2D eigenvalue weighted by atomic mass is 10.1. The average molecular weight is 400 g/mol. The molecule has 0 saturated heterocycles. The van der Waals surface area contributed by atoms with Gasteiger partial charge in [-0.15, -0.1) is 0 Å². The van der Waals surface area contributed by atoms with E-state index in [0.29, 0.717) is 16.8 Å². The van der Waals surface area contributed by atoms with Crippen LogP contribution in [0.25, 0.3) is 0 Å². The molecule has 0 saturated carbocycles. The predicted octanol–water partition coefficient (Wildman–Crippen LogP) is 3.40. The van der Waals surface area contributed by atoms with Crippen LogP contribution in [0, 0.1) is 13.8 Å². The van der Waals surface area contributed by atoms with Gasteiger partial charge in [-0.3, -0.25) is 4.79 Å². The minimum Gasteiger partial charge on any atom is -0.462 e. The largest absolute Gasteiger partial charge is 0.462 e. The van der Waals surface area contributed by atoms with Gasteiger partial charge in [0, 0.05) is 5.69 Å². The van der Waals surface area contributed by atoms with Crippen molar-refractivity contribution in [1.29, 1.82) is 0 Å². The van der Waals surface area contributed by atoms with Crippen LogP contribution in [0.5, 0.6) is 0 Å². The molecular formula is C22H28N2O5. The molecule has 0 radical (unpaired) electrons. The molecule has 7 nitrogen and oxygen atoms in total. The van der Waals surface area contributed by atoms with Crippen LogP contribution in [-0.4, -0.2) is 36.0 Å². The molecule has 156 valence electrons. The number of esters is 2. The van der Waals surface area contributed by atoms with Gasteiger partial charge in [0.05, 0.1) is 18.2 Å². The van der Waals surface area contributed by atoms with Gasteiger partial charge in [-0.1, -0.05) is 31.2 Å². The van der Waals surface area contributed by atoms with Gasteiger partial charge in [0.1, 0.15) is 5.69 Å². The van der Waals surface area contributed by atoms with Crippen LogP contribution in [-0.2, 0) is 20.7 Å². The molecule has 0 fully saturated rings.